The SMILES string of the molecule is N#Cc1c(-c2cc(Cl)ccc2Cl)cc(-c2cc(C3=CCCCC3)ccc2O)[nH]c1=O. The lowest BCUT2D eigenvalue weighted by atomic mass is 9.91. The molecule has 2 aromatic carbocycles. The first-order chi connectivity index (χ1) is 14.5. The Morgan fingerprint density at radius 3 is 2.57 bits per heavy atom. The van der Waals surface area contributed by atoms with Crippen LogP contribution in [0.1, 0.15) is 36.8 Å². The lowest BCUT2D eigenvalue weighted by Crippen LogP contribution is -2.13. The Bertz CT molecular complexity index is 1270. The van der Waals surface area contributed by atoms with Crippen LogP contribution in [-0.4, -0.2) is 10.1 Å². The highest BCUT2D eigenvalue weighted by Crippen LogP contribution is 2.37. The molecule has 150 valence electrons. The van der Waals surface area contributed by atoms with E-state index in [0.29, 0.717) is 32.4 Å². The number of hydrogen-bond acceptors (Lipinski definition) is 3. The first kappa shape index (κ1) is 20.3. The Hall–Kier alpha value is -3.00. The number of nitriles is 1. The predicted molar refractivity (Wildman–Crippen MR) is 121 cm³/mol. The Kier molecular flexibility index (Phi) is 5.67. The van der Waals surface area contributed by atoms with Crippen molar-refractivity contribution >= 4 is 28.8 Å². The first-order valence-electron chi connectivity index (χ1n) is 9.63. The topological polar surface area (TPSA) is 76.9 Å². The van der Waals surface area contributed by atoms with Gasteiger partial charge in [-0.15, -0.1) is 0 Å². The first-order valence-corrected chi connectivity index (χ1v) is 10.4. The molecule has 0 bridgehead atoms. The lowest BCUT2D eigenvalue weighted by Gasteiger charge is -2.15. The van der Waals surface area contributed by atoms with Gasteiger partial charge in [-0.1, -0.05) is 35.3 Å². The molecule has 0 atom stereocenters. The standard InChI is InChI=1S/C24H18Cl2N2O2/c25-16-7-8-21(26)18(11-16)17-12-22(28-24(30)20(17)13-27)19-10-15(6-9-23(19)29)14-4-2-1-3-5-14/h4,6-12,29H,1-3,5H2,(H,28,30). The number of H-pyrrole nitrogens is 1. The van der Waals surface area contributed by atoms with Crippen molar-refractivity contribution in [2.75, 3.05) is 0 Å². The Morgan fingerprint density at radius 1 is 1.00 bits per heavy atom. The van der Waals surface area contributed by atoms with Crippen molar-refractivity contribution in [3.63, 3.8) is 0 Å². The van der Waals surface area contributed by atoms with Gasteiger partial charge in [-0.05, 0) is 73.2 Å². The smallest absolute Gasteiger partial charge is 0.266 e. The van der Waals surface area contributed by atoms with E-state index < -0.39 is 5.56 Å². The van der Waals surface area contributed by atoms with Gasteiger partial charge in [0.2, 0.25) is 0 Å². The molecule has 0 amide bonds. The summed E-state index contributed by atoms with van der Waals surface area (Å²) in [6, 6.07) is 13.9. The van der Waals surface area contributed by atoms with Crippen LogP contribution in [0.15, 0.2) is 53.3 Å². The zero-order valence-corrected chi connectivity index (χ0v) is 17.5. The molecule has 4 nitrogen and oxygen atoms in total. The quantitative estimate of drug-likeness (QED) is 0.488. The second kappa shape index (κ2) is 8.39. The summed E-state index contributed by atoms with van der Waals surface area (Å²) in [5.41, 5.74) is 3.37. The maximum Gasteiger partial charge on any atom is 0.266 e. The van der Waals surface area contributed by atoms with Crippen LogP contribution >= 0.6 is 23.2 Å². The summed E-state index contributed by atoms with van der Waals surface area (Å²) in [4.78, 5) is 15.4. The molecule has 6 heteroatoms. The van der Waals surface area contributed by atoms with Gasteiger partial charge in [0, 0.05) is 26.7 Å². The summed E-state index contributed by atoms with van der Waals surface area (Å²) < 4.78 is 0. The molecule has 0 radical (unpaired) electrons. The normalized spacial score (nSPS) is 13.6. The van der Waals surface area contributed by atoms with E-state index in [0.717, 1.165) is 24.8 Å². The minimum atomic E-state index is -0.553. The van der Waals surface area contributed by atoms with Gasteiger partial charge in [0.25, 0.3) is 5.56 Å². The molecule has 0 unspecified atom stereocenters. The zero-order valence-electron chi connectivity index (χ0n) is 16.0. The number of allylic oxidation sites excluding steroid dienone is 2. The molecule has 30 heavy (non-hydrogen) atoms. The molecule has 4 rings (SSSR count). The van der Waals surface area contributed by atoms with Crippen LogP contribution in [-0.2, 0) is 0 Å². The second-order valence-electron chi connectivity index (χ2n) is 7.24. The van der Waals surface area contributed by atoms with Crippen molar-refractivity contribution in [1.82, 2.24) is 4.98 Å². The maximum absolute atomic E-state index is 12.7. The summed E-state index contributed by atoms with van der Waals surface area (Å²) in [5, 5.41) is 20.9. The summed E-state index contributed by atoms with van der Waals surface area (Å²) in [5.74, 6) is 0.0404. The molecule has 1 aromatic heterocycles. The van der Waals surface area contributed by atoms with Crippen molar-refractivity contribution in [2.24, 2.45) is 0 Å². The van der Waals surface area contributed by atoms with E-state index in [1.807, 2.05) is 18.2 Å². The highest BCUT2D eigenvalue weighted by molar-refractivity contribution is 6.35. The van der Waals surface area contributed by atoms with Crippen LogP contribution in [0.3, 0.4) is 0 Å². The van der Waals surface area contributed by atoms with Crippen LogP contribution in [0.2, 0.25) is 10.0 Å². The van der Waals surface area contributed by atoms with Gasteiger partial charge in [-0.3, -0.25) is 4.79 Å². The van der Waals surface area contributed by atoms with Gasteiger partial charge in [0.05, 0.1) is 5.69 Å². The van der Waals surface area contributed by atoms with Crippen LogP contribution in [0.5, 0.6) is 5.75 Å². The highest BCUT2D eigenvalue weighted by atomic mass is 35.5. The summed E-state index contributed by atoms with van der Waals surface area (Å²) in [6.45, 7) is 0. The van der Waals surface area contributed by atoms with Crippen molar-refractivity contribution in [3.8, 4) is 34.2 Å². The molecule has 0 fully saturated rings. The van der Waals surface area contributed by atoms with Gasteiger partial charge in [-0.25, -0.2) is 0 Å². The fourth-order valence-corrected chi connectivity index (χ4v) is 4.18. The number of aromatic nitrogens is 1. The number of halogens is 2. The molecule has 0 spiro atoms. The lowest BCUT2D eigenvalue weighted by molar-refractivity contribution is 0.477. The van der Waals surface area contributed by atoms with E-state index in [1.165, 1.54) is 12.0 Å². The Labute approximate surface area is 184 Å². The van der Waals surface area contributed by atoms with Gasteiger partial charge < -0.3 is 10.1 Å². The average Bonchev–Trinajstić information content (AvgIpc) is 2.76. The predicted octanol–water partition coefficient (Wildman–Crippen LogP) is 6.55. The van der Waals surface area contributed by atoms with E-state index in [1.54, 1.807) is 30.3 Å². The molecule has 1 heterocycles. The minimum Gasteiger partial charge on any atom is -0.507 e. The molecule has 0 saturated heterocycles. The van der Waals surface area contributed by atoms with E-state index in [4.69, 9.17) is 23.2 Å². The van der Waals surface area contributed by atoms with Gasteiger partial charge in [0.15, 0.2) is 0 Å². The highest BCUT2D eigenvalue weighted by Gasteiger charge is 2.17. The summed E-state index contributed by atoms with van der Waals surface area (Å²) >= 11 is 12.4. The maximum atomic E-state index is 12.7. The molecule has 0 saturated carbocycles. The number of nitrogens with zero attached hydrogens (tertiary/aromatic N) is 1. The molecule has 2 N–H and O–H groups in total. The summed E-state index contributed by atoms with van der Waals surface area (Å²) in [7, 11) is 0. The van der Waals surface area contributed by atoms with Gasteiger partial charge in [0.1, 0.15) is 17.4 Å². The van der Waals surface area contributed by atoms with E-state index in [9.17, 15) is 15.2 Å². The number of phenolic OH excluding ortho intramolecular Hbond substituents is 1. The van der Waals surface area contributed by atoms with E-state index in [-0.39, 0.29) is 11.3 Å². The van der Waals surface area contributed by atoms with Gasteiger partial charge >= 0.3 is 0 Å². The summed E-state index contributed by atoms with van der Waals surface area (Å²) in [6.07, 6.45) is 6.56. The molecule has 1 aliphatic carbocycles. The second-order valence-corrected chi connectivity index (χ2v) is 8.09. The molecular formula is C24H18Cl2N2O2. The number of aromatic hydroxyl groups is 1. The van der Waals surface area contributed by atoms with Crippen molar-refractivity contribution in [3.05, 3.63) is 80.1 Å². The minimum absolute atomic E-state index is 0.0404. The number of benzene rings is 2. The van der Waals surface area contributed by atoms with Crippen LogP contribution in [0.4, 0.5) is 0 Å². The largest absolute Gasteiger partial charge is 0.507 e. The Balaban J connectivity index is 1.92. The molecule has 1 aliphatic rings. The van der Waals surface area contributed by atoms with Crippen molar-refractivity contribution < 1.29 is 5.11 Å². The number of rotatable bonds is 3. The zero-order chi connectivity index (χ0) is 21.3. The van der Waals surface area contributed by atoms with Crippen molar-refractivity contribution in [1.29, 1.82) is 5.26 Å². The monoisotopic (exact) mass is 436 g/mol. The molecule has 3 aromatic rings. The molecule has 0 aliphatic heterocycles. The van der Waals surface area contributed by atoms with Crippen LogP contribution < -0.4 is 5.56 Å². The molecular weight excluding hydrogens is 419 g/mol. The number of phenols is 1. The number of pyridine rings is 1. The third-order valence-electron chi connectivity index (χ3n) is 5.31. The van der Waals surface area contributed by atoms with E-state index >= 15 is 0 Å². The van der Waals surface area contributed by atoms with Crippen molar-refractivity contribution in [2.45, 2.75) is 25.7 Å². The average molecular weight is 437 g/mol. The fraction of sp³-hybridized carbons (Fsp3) is 0.167. The van der Waals surface area contributed by atoms with Crippen LogP contribution in [0, 0.1) is 11.3 Å². The third kappa shape index (κ3) is 3.87. The van der Waals surface area contributed by atoms with Gasteiger partial charge in [-0.2, -0.15) is 5.26 Å². The number of aromatic amines is 1. The number of hydrogen-bond donors (Lipinski definition) is 2. The fourth-order valence-electron chi connectivity index (χ4n) is 3.78. The third-order valence-corrected chi connectivity index (χ3v) is 5.88. The van der Waals surface area contributed by atoms with E-state index in [2.05, 4.69) is 11.1 Å². The number of nitrogens with one attached hydrogen (secondary N) is 1. The Morgan fingerprint density at radius 2 is 1.83 bits per heavy atom. The van der Waals surface area contributed by atoms with Crippen LogP contribution in [0.25, 0.3) is 28.0 Å².